The topological polar surface area (TPSA) is 0 Å². The van der Waals surface area contributed by atoms with E-state index in [1.807, 2.05) is 6.08 Å². The first-order chi connectivity index (χ1) is 6.13. The van der Waals surface area contributed by atoms with Gasteiger partial charge < -0.3 is 0 Å². The van der Waals surface area contributed by atoms with Crippen molar-refractivity contribution in [3.05, 3.63) is 12.7 Å². The second-order valence-electron chi connectivity index (χ2n) is 3.35. The Kier molecular flexibility index (Phi) is 6.64. The molecule has 0 saturated heterocycles. The molecule has 0 N–H and O–H groups in total. The molecule has 0 aliphatic carbocycles. The number of hydrogen-bond donors (Lipinski definition) is 1. The molecule has 76 valence electrons. The fourth-order valence-corrected chi connectivity index (χ4v) is 2.21. The summed E-state index contributed by atoms with van der Waals surface area (Å²) in [6.45, 7) is 11.2. The summed E-state index contributed by atoms with van der Waals surface area (Å²) in [4.78, 5) is 0. The molecule has 0 aromatic heterocycles. The molecule has 3 heteroatoms. The first kappa shape index (κ1) is 13.1. The van der Waals surface area contributed by atoms with Crippen LogP contribution in [0.3, 0.4) is 0 Å². The van der Waals surface area contributed by atoms with Gasteiger partial charge in [0.05, 0.1) is 13.1 Å². The van der Waals surface area contributed by atoms with Crippen molar-refractivity contribution in [1.82, 2.24) is 0 Å². The zero-order valence-electron chi connectivity index (χ0n) is 8.62. The monoisotopic (exact) mass is 218 g/mol. The smallest absolute Gasteiger partial charge is 0.230 e. The summed E-state index contributed by atoms with van der Waals surface area (Å²) in [5.41, 5.74) is 0. The number of rotatable bonds is 6. The average molecular weight is 218 g/mol. The molecule has 0 rings (SSSR count). The zero-order chi connectivity index (χ0) is 10.3. The van der Waals surface area contributed by atoms with Crippen LogP contribution in [0.25, 0.3) is 0 Å². The zero-order valence-corrected chi connectivity index (χ0v) is 10.3. The van der Waals surface area contributed by atoms with Crippen molar-refractivity contribution in [3.8, 4) is 0 Å². The van der Waals surface area contributed by atoms with Crippen molar-refractivity contribution in [2.24, 2.45) is 0 Å². The number of nitrogens with zero attached hydrogens (tertiary/aromatic N) is 1. The lowest BCUT2D eigenvalue weighted by molar-refractivity contribution is -0.829. The van der Waals surface area contributed by atoms with Gasteiger partial charge in [0.1, 0.15) is 6.54 Å². The van der Waals surface area contributed by atoms with E-state index in [2.05, 4.69) is 33.1 Å². The predicted octanol–water partition coefficient (Wildman–Crippen LogP) is 3.02. The van der Waals surface area contributed by atoms with Crippen molar-refractivity contribution < 1.29 is 4.48 Å². The van der Waals surface area contributed by atoms with Gasteiger partial charge in [-0.05, 0) is 31.1 Å². The van der Waals surface area contributed by atoms with Gasteiger partial charge in [-0.3, -0.25) is 4.48 Å². The number of thiocarbonyl (C=S) groups is 1. The molecule has 0 fully saturated rings. The van der Waals surface area contributed by atoms with Crippen LogP contribution in [0.2, 0.25) is 0 Å². The maximum atomic E-state index is 5.21. The van der Waals surface area contributed by atoms with E-state index < -0.39 is 0 Å². The summed E-state index contributed by atoms with van der Waals surface area (Å²) in [5, 5.41) is 0. The molecule has 0 unspecified atom stereocenters. The SMILES string of the molecule is C=CC[N+](CCC)(CCC)C(=S)S. The molecule has 0 heterocycles. The molecule has 0 aromatic rings. The second kappa shape index (κ2) is 6.57. The fourth-order valence-electron chi connectivity index (χ4n) is 1.67. The van der Waals surface area contributed by atoms with E-state index >= 15 is 0 Å². The molecule has 0 spiro atoms. The van der Waals surface area contributed by atoms with Crippen molar-refractivity contribution in [2.75, 3.05) is 19.6 Å². The normalized spacial score (nSPS) is 11.3. The van der Waals surface area contributed by atoms with E-state index in [4.69, 9.17) is 12.2 Å². The Labute approximate surface area is 92.8 Å². The standard InChI is InChI=1S/C10H19NS2/c1-4-7-11(8-5-2,9-6-3)10(12)13/h4H,1,5-9H2,2-3H3/p+1. The second-order valence-corrected chi connectivity index (χ2v) is 4.46. The highest BCUT2D eigenvalue weighted by molar-refractivity contribution is 8.10. The van der Waals surface area contributed by atoms with Gasteiger partial charge in [-0.15, -0.1) is 0 Å². The summed E-state index contributed by atoms with van der Waals surface area (Å²) < 4.78 is 1.61. The average Bonchev–Trinajstić information content (AvgIpc) is 2.05. The van der Waals surface area contributed by atoms with Crippen LogP contribution in [0.5, 0.6) is 0 Å². The van der Waals surface area contributed by atoms with Crippen LogP contribution in [0.4, 0.5) is 0 Å². The van der Waals surface area contributed by atoms with E-state index in [0.29, 0.717) is 0 Å². The Morgan fingerprint density at radius 1 is 1.38 bits per heavy atom. The van der Waals surface area contributed by atoms with Crippen molar-refractivity contribution >= 4 is 29.2 Å². The first-order valence-electron chi connectivity index (χ1n) is 4.83. The van der Waals surface area contributed by atoms with Crippen molar-refractivity contribution in [2.45, 2.75) is 26.7 Å². The van der Waals surface area contributed by atoms with E-state index in [1.54, 1.807) is 0 Å². The Morgan fingerprint density at radius 2 is 1.85 bits per heavy atom. The van der Waals surface area contributed by atoms with E-state index in [-0.39, 0.29) is 0 Å². The molecule has 0 radical (unpaired) electrons. The van der Waals surface area contributed by atoms with Gasteiger partial charge in [0, 0.05) is 0 Å². The summed E-state index contributed by atoms with van der Waals surface area (Å²) in [7, 11) is 0. The quantitative estimate of drug-likeness (QED) is 0.309. The fraction of sp³-hybridized carbons (Fsp3) is 0.700. The predicted molar refractivity (Wildman–Crippen MR) is 67.2 cm³/mol. The molecule has 0 bridgehead atoms. The highest BCUT2D eigenvalue weighted by Gasteiger charge is 2.27. The van der Waals surface area contributed by atoms with Crippen LogP contribution in [0, 0.1) is 0 Å². The van der Waals surface area contributed by atoms with Crippen LogP contribution >= 0.6 is 24.8 Å². The van der Waals surface area contributed by atoms with E-state index in [9.17, 15) is 0 Å². The third-order valence-corrected chi connectivity index (χ3v) is 3.00. The summed E-state index contributed by atoms with van der Waals surface area (Å²) in [6, 6.07) is 0. The molecule has 0 aliphatic rings. The molecule has 0 amide bonds. The van der Waals surface area contributed by atoms with Crippen LogP contribution in [-0.2, 0) is 0 Å². The Bertz CT molecular complexity index is 172. The number of thiol groups is 1. The van der Waals surface area contributed by atoms with E-state index in [1.165, 1.54) is 0 Å². The molecule has 0 atom stereocenters. The van der Waals surface area contributed by atoms with Gasteiger partial charge in [0.2, 0.25) is 4.32 Å². The Morgan fingerprint density at radius 3 is 2.08 bits per heavy atom. The van der Waals surface area contributed by atoms with Gasteiger partial charge in [0.25, 0.3) is 0 Å². The van der Waals surface area contributed by atoms with E-state index in [0.717, 1.165) is 41.3 Å². The molecular formula is C10H20NS2+. The summed E-state index contributed by atoms with van der Waals surface area (Å²) in [6.07, 6.45) is 4.21. The lowest BCUT2D eigenvalue weighted by Gasteiger charge is -2.35. The van der Waals surface area contributed by atoms with Gasteiger partial charge in [-0.2, -0.15) is 0 Å². The molecular weight excluding hydrogens is 198 g/mol. The minimum atomic E-state index is 0.795. The minimum absolute atomic E-state index is 0.795. The number of hydrogen-bond acceptors (Lipinski definition) is 1. The van der Waals surface area contributed by atoms with Gasteiger partial charge in [-0.25, -0.2) is 0 Å². The van der Waals surface area contributed by atoms with Crippen LogP contribution in [-0.4, -0.2) is 28.4 Å². The molecule has 1 nitrogen and oxygen atoms in total. The lowest BCUT2D eigenvalue weighted by Crippen LogP contribution is -2.51. The highest BCUT2D eigenvalue weighted by Crippen LogP contribution is 2.14. The first-order valence-corrected chi connectivity index (χ1v) is 5.69. The number of quaternary nitrogens is 1. The lowest BCUT2D eigenvalue weighted by atomic mass is 10.3. The molecule has 13 heavy (non-hydrogen) atoms. The largest absolute Gasteiger partial charge is 0.273 e. The van der Waals surface area contributed by atoms with Gasteiger partial charge in [-0.1, -0.05) is 33.1 Å². The Balaban J connectivity index is 4.57. The third-order valence-electron chi connectivity index (χ3n) is 2.19. The van der Waals surface area contributed by atoms with Crippen LogP contribution in [0.15, 0.2) is 12.7 Å². The maximum absolute atomic E-state index is 5.21. The van der Waals surface area contributed by atoms with Gasteiger partial charge >= 0.3 is 0 Å². The Hall–Kier alpha value is 0.140. The molecule has 0 aromatic carbocycles. The van der Waals surface area contributed by atoms with Crippen molar-refractivity contribution in [1.29, 1.82) is 0 Å². The molecule has 0 aliphatic heterocycles. The summed E-state index contributed by atoms with van der Waals surface area (Å²) in [5.74, 6) is 0. The van der Waals surface area contributed by atoms with Crippen LogP contribution in [0.1, 0.15) is 26.7 Å². The van der Waals surface area contributed by atoms with Crippen molar-refractivity contribution in [3.63, 3.8) is 0 Å². The summed E-state index contributed by atoms with van der Waals surface area (Å²) >= 11 is 9.55. The van der Waals surface area contributed by atoms with Crippen LogP contribution < -0.4 is 0 Å². The third kappa shape index (κ3) is 3.79. The van der Waals surface area contributed by atoms with Gasteiger partial charge in [0.15, 0.2) is 0 Å². The minimum Gasteiger partial charge on any atom is -0.273 e. The maximum Gasteiger partial charge on any atom is 0.230 e. The molecule has 0 saturated carbocycles. The highest BCUT2D eigenvalue weighted by atomic mass is 32.1.